The van der Waals surface area contributed by atoms with Crippen molar-refractivity contribution in [3.8, 4) is 0 Å². The Kier molecular flexibility index (Phi) is 1.26. The zero-order chi connectivity index (χ0) is 4.41. The highest BCUT2D eigenvalue weighted by molar-refractivity contribution is 8.75. The molecule has 0 N–H and O–H groups in total. The fourth-order valence-electron chi connectivity index (χ4n) is 0.186. The average Bonchev–Trinajstić information content (AvgIpc) is 1.86. The Labute approximate surface area is 42.5 Å². The van der Waals surface area contributed by atoms with Gasteiger partial charge in [-0.25, -0.2) is 0 Å². The van der Waals surface area contributed by atoms with Crippen LogP contribution in [0.1, 0.15) is 0 Å². The van der Waals surface area contributed by atoms with Gasteiger partial charge in [-0.3, -0.25) is 0 Å². The van der Waals surface area contributed by atoms with Crippen LogP contribution >= 0.6 is 10.8 Å². The molecule has 0 radical (unpaired) electrons. The molecular formula is C2H4N2S2. The van der Waals surface area contributed by atoms with Crippen LogP contribution in [0.4, 0.5) is 0 Å². The molecule has 1 aliphatic heterocycles. The monoisotopic (exact) mass is 120 g/mol. The molecule has 0 spiro atoms. The highest BCUT2D eigenvalue weighted by Crippen LogP contribution is 2.09. The largest absolute Gasteiger partial charge is 0.144 e. The van der Waals surface area contributed by atoms with Gasteiger partial charge in [-0.15, -0.1) is 9.57 Å². The van der Waals surface area contributed by atoms with E-state index < -0.39 is 0 Å². The maximum atomic E-state index is 3.80. The van der Waals surface area contributed by atoms with Gasteiger partial charge >= 0.3 is 0 Å². The number of rotatable bonds is 0. The van der Waals surface area contributed by atoms with Gasteiger partial charge in [-0.05, 0) is 20.5 Å². The summed E-state index contributed by atoms with van der Waals surface area (Å²) in [5.41, 5.74) is 1.77. The van der Waals surface area contributed by atoms with Crippen molar-refractivity contribution in [1.29, 1.82) is 0 Å². The van der Waals surface area contributed by atoms with Crippen molar-refractivity contribution in [2.24, 2.45) is 9.57 Å². The van der Waals surface area contributed by atoms with Gasteiger partial charge < -0.3 is 0 Å². The summed E-state index contributed by atoms with van der Waals surface area (Å²) in [5, 5.41) is 3.64. The fourth-order valence-corrected chi connectivity index (χ4v) is 1.39. The van der Waals surface area contributed by atoms with E-state index in [9.17, 15) is 0 Å². The summed E-state index contributed by atoms with van der Waals surface area (Å²) in [6.07, 6.45) is 2.04. The van der Waals surface area contributed by atoms with Crippen LogP contribution in [0.2, 0.25) is 0 Å². The second kappa shape index (κ2) is 1.75. The van der Waals surface area contributed by atoms with Gasteiger partial charge in [0.15, 0.2) is 0 Å². The van der Waals surface area contributed by atoms with Crippen LogP contribution in [0.25, 0.3) is 0 Å². The zero-order valence-electron chi connectivity index (χ0n) is 3.29. The maximum Gasteiger partial charge on any atom is 0.0947 e. The van der Waals surface area contributed by atoms with Gasteiger partial charge in [0.1, 0.15) is 0 Å². The normalized spacial score (nSPS) is 30.5. The average molecular weight is 120 g/mol. The molecule has 0 aromatic rings. The Morgan fingerprint density at radius 3 is 2.83 bits per heavy atom. The highest BCUT2D eigenvalue weighted by Gasteiger charge is 1.88. The quantitative estimate of drug-likeness (QED) is 0.438. The molecule has 0 bridgehead atoms. The third kappa shape index (κ3) is 0.815. The molecule has 2 nitrogen and oxygen atoms in total. The van der Waals surface area contributed by atoms with Crippen molar-refractivity contribution >= 4 is 26.1 Å². The minimum atomic E-state index is 0.147. The first-order chi connectivity index (χ1) is 2.89. The van der Waals surface area contributed by atoms with E-state index in [-0.39, 0.29) is 9.72 Å². The van der Waals surface area contributed by atoms with E-state index >= 15 is 0 Å². The molecule has 0 saturated carbocycles. The topological polar surface area (TPSA) is 24.7 Å². The summed E-state index contributed by atoms with van der Waals surface area (Å²) in [6, 6.07) is 0. The van der Waals surface area contributed by atoms with Gasteiger partial charge in [0.05, 0.1) is 5.55 Å². The molecule has 0 aliphatic carbocycles. The minimum Gasteiger partial charge on any atom is -0.144 e. The van der Waals surface area contributed by atoms with Gasteiger partial charge in [0, 0.05) is 6.26 Å². The molecular weight excluding hydrogens is 116 g/mol. The van der Waals surface area contributed by atoms with Crippen LogP contribution in [-0.2, 0) is 9.72 Å². The third-order valence-electron chi connectivity index (χ3n) is 0.392. The lowest BCUT2D eigenvalue weighted by atomic mass is 11.7. The number of hydrogen-bond donors (Lipinski definition) is 0. The predicted molar refractivity (Wildman–Crippen MR) is 31.8 cm³/mol. The lowest BCUT2D eigenvalue weighted by Crippen LogP contribution is -1.63. The zero-order valence-corrected chi connectivity index (χ0v) is 4.92. The maximum absolute atomic E-state index is 3.80. The minimum absolute atomic E-state index is 0.147. The van der Waals surface area contributed by atoms with Crippen LogP contribution in [0, 0.1) is 0 Å². The van der Waals surface area contributed by atoms with E-state index in [1.54, 1.807) is 16.3 Å². The van der Waals surface area contributed by atoms with Gasteiger partial charge in [-0.1, -0.05) is 0 Å². The lowest BCUT2D eigenvalue weighted by Gasteiger charge is -1.75. The summed E-state index contributed by atoms with van der Waals surface area (Å²) < 4.78 is 3.80. The number of hydrogen-bond acceptors (Lipinski definition) is 3. The summed E-state index contributed by atoms with van der Waals surface area (Å²) in [5.74, 6) is 0. The smallest absolute Gasteiger partial charge is 0.0947 e. The summed E-state index contributed by atoms with van der Waals surface area (Å²) in [4.78, 5) is 0. The molecule has 1 atom stereocenters. The van der Waals surface area contributed by atoms with E-state index in [4.69, 9.17) is 0 Å². The molecule has 0 aromatic carbocycles. The Morgan fingerprint density at radius 1 is 1.83 bits per heavy atom. The van der Waals surface area contributed by atoms with Crippen molar-refractivity contribution in [2.45, 2.75) is 0 Å². The van der Waals surface area contributed by atoms with E-state index in [0.29, 0.717) is 0 Å². The highest BCUT2D eigenvalue weighted by atomic mass is 33.1. The Balaban J connectivity index is 2.61. The van der Waals surface area contributed by atoms with E-state index in [1.165, 1.54) is 0 Å². The van der Waals surface area contributed by atoms with Crippen LogP contribution in [0.3, 0.4) is 0 Å². The van der Waals surface area contributed by atoms with E-state index in [1.807, 2.05) is 6.26 Å². The summed E-state index contributed by atoms with van der Waals surface area (Å²) >= 11 is 0. The first kappa shape index (κ1) is 4.33. The SMILES string of the molecule is CS1=NN=CS1. The molecule has 4 heteroatoms. The van der Waals surface area contributed by atoms with Gasteiger partial charge in [0.25, 0.3) is 0 Å². The van der Waals surface area contributed by atoms with Crippen molar-refractivity contribution in [3.63, 3.8) is 0 Å². The second-order valence-corrected chi connectivity index (χ2v) is 4.26. The molecule has 34 valence electrons. The Bertz CT molecular complexity index is 106. The van der Waals surface area contributed by atoms with Crippen LogP contribution < -0.4 is 0 Å². The van der Waals surface area contributed by atoms with Gasteiger partial charge in [0.2, 0.25) is 0 Å². The number of nitrogens with zero attached hydrogens (tertiary/aromatic N) is 2. The van der Waals surface area contributed by atoms with Crippen molar-refractivity contribution in [1.82, 2.24) is 0 Å². The Hall–Kier alpha value is 0.170. The lowest BCUT2D eigenvalue weighted by molar-refractivity contribution is 1.31. The Morgan fingerprint density at radius 2 is 2.67 bits per heavy atom. The fraction of sp³-hybridized carbons (Fsp3) is 0.500. The van der Waals surface area contributed by atoms with E-state index in [2.05, 4.69) is 9.57 Å². The molecule has 1 aliphatic rings. The first-order valence-electron chi connectivity index (χ1n) is 1.45. The molecule has 1 heterocycles. The summed E-state index contributed by atoms with van der Waals surface area (Å²) in [6.45, 7) is 0. The van der Waals surface area contributed by atoms with Crippen molar-refractivity contribution in [2.75, 3.05) is 6.26 Å². The predicted octanol–water partition coefficient (Wildman–Crippen LogP) is 1.02. The van der Waals surface area contributed by atoms with E-state index in [0.717, 1.165) is 0 Å². The van der Waals surface area contributed by atoms with Crippen LogP contribution in [0.15, 0.2) is 9.57 Å². The van der Waals surface area contributed by atoms with Crippen LogP contribution in [-0.4, -0.2) is 11.8 Å². The molecule has 0 saturated heterocycles. The molecule has 6 heavy (non-hydrogen) atoms. The summed E-state index contributed by atoms with van der Waals surface area (Å²) in [7, 11) is 1.81. The first-order valence-corrected chi connectivity index (χ1v) is 4.44. The molecule has 0 amide bonds. The van der Waals surface area contributed by atoms with Gasteiger partial charge in [-0.2, -0.15) is 0 Å². The third-order valence-corrected chi connectivity index (χ3v) is 2.47. The molecule has 1 unspecified atom stereocenters. The van der Waals surface area contributed by atoms with Crippen LogP contribution in [0.5, 0.6) is 0 Å². The van der Waals surface area contributed by atoms with Crippen molar-refractivity contribution < 1.29 is 0 Å². The molecule has 0 fully saturated rings. The molecule has 0 aromatic heterocycles. The second-order valence-electron chi connectivity index (χ2n) is 0.823. The standard InChI is InChI=1S/C2H4N2S2/c1-6-4-3-2-5-6/h2H,1H3. The van der Waals surface area contributed by atoms with Crippen molar-refractivity contribution in [3.05, 3.63) is 0 Å². The molecule has 1 rings (SSSR count).